The van der Waals surface area contributed by atoms with Crippen molar-refractivity contribution in [2.24, 2.45) is 5.73 Å². The zero-order valence-corrected chi connectivity index (χ0v) is 11.9. The monoisotopic (exact) mass is 326 g/mol. The molecule has 0 saturated heterocycles. The largest absolute Gasteiger partial charge is 0.419 e. The van der Waals surface area contributed by atoms with Gasteiger partial charge in [-0.1, -0.05) is 18.2 Å². The molecule has 0 fully saturated rings. The number of alkyl halides is 3. The third-order valence-corrected chi connectivity index (χ3v) is 3.12. The lowest BCUT2D eigenvalue weighted by molar-refractivity contribution is -0.139. The summed E-state index contributed by atoms with van der Waals surface area (Å²) in [6, 6.07) is 1.83. The van der Waals surface area contributed by atoms with Gasteiger partial charge in [0.05, 0.1) is 11.6 Å². The topological polar surface area (TPSA) is 29.3 Å². The number of anilines is 1. The Labute approximate surface area is 123 Å². The molecular weight excluding hydrogens is 316 g/mol. The Morgan fingerprint density at radius 2 is 2.00 bits per heavy atom. The Hall–Kier alpha value is -1.34. The van der Waals surface area contributed by atoms with Gasteiger partial charge >= 0.3 is 6.18 Å². The molecule has 8 heteroatoms. The maximum atomic E-state index is 13.2. The molecule has 20 heavy (non-hydrogen) atoms. The van der Waals surface area contributed by atoms with Crippen molar-refractivity contribution in [1.29, 1.82) is 0 Å². The number of rotatable bonds is 3. The summed E-state index contributed by atoms with van der Waals surface area (Å²) in [4.78, 5) is 1.17. The van der Waals surface area contributed by atoms with Gasteiger partial charge in [-0.2, -0.15) is 13.2 Å². The average Bonchev–Trinajstić information content (AvgIpc) is 2.29. The molecule has 0 spiro atoms. The third kappa shape index (κ3) is 3.61. The fourth-order valence-corrected chi connectivity index (χ4v) is 1.92. The van der Waals surface area contributed by atoms with Gasteiger partial charge in [-0.15, -0.1) is 0 Å². The summed E-state index contributed by atoms with van der Waals surface area (Å²) in [5.41, 5.74) is 4.07. The summed E-state index contributed by atoms with van der Waals surface area (Å²) < 4.78 is 51.3. The Morgan fingerprint density at radius 3 is 2.40 bits per heavy atom. The summed E-state index contributed by atoms with van der Waals surface area (Å²) in [6.07, 6.45) is -4.82. The quantitative estimate of drug-likeness (QED) is 0.671. The summed E-state index contributed by atoms with van der Waals surface area (Å²) >= 11 is 10.5. The van der Waals surface area contributed by atoms with Crippen LogP contribution in [-0.4, -0.2) is 11.2 Å². The van der Waals surface area contributed by atoms with Gasteiger partial charge in [0.1, 0.15) is 5.82 Å². The van der Waals surface area contributed by atoms with Crippen molar-refractivity contribution in [2.75, 3.05) is 4.90 Å². The highest BCUT2D eigenvalue weighted by molar-refractivity contribution is 7.80. The maximum absolute atomic E-state index is 13.2. The van der Waals surface area contributed by atoms with Crippen LogP contribution in [0.2, 0.25) is 0 Å². The molecule has 0 bridgehead atoms. The molecule has 0 radical (unpaired) electrons. The van der Waals surface area contributed by atoms with Gasteiger partial charge in [0, 0.05) is 10.7 Å². The van der Waals surface area contributed by atoms with Crippen LogP contribution in [0.4, 0.5) is 23.2 Å². The van der Waals surface area contributed by atoms with E-state index in [2.05, 4.69) is 6.58 Å². The number of halogens is 5. The van der Waals surface area contributed by atoms with Crippen molar-refractivity contribution >= 4 is 34.6 Å². The van der Waals surface area contributed by atoms with Crippen LogP contribution in [0.25, 0.3) is 0 Å². The molecule has 1 rings (SSSR count). The standard InChI is InChI=1S/C12H11ClF4N2S/c1-6(13)7(2)19(11(18)20)8-3-4-10(14)9(5-8)12(15,16)17/h3-5,7H,1H2,2H3,(H2,18,20). The molecule has 0 saturated carbocycles. The number of nitrogens with two attached hydrogens (primary N) is 1. The maximum Gasteiger partial charge on any atom is 0.419 e. The first-order valence-electron chi connectivity index (χ1n) is 5.35. The summed E-state index contributed by atoms with van der Waals surface area (Å²) in [5.74, 6) is -1.37. The van der Waals surface area contributed by atoms with E-state index in [0.29, 0.717) is 12.1 Å². The van der Waals surface area contributed by atoms with Gasteiger partial charge in [-0.25, -0.2) is 4.39 Å². The lowest BCUT2D eigenvalue weighted by Crippen LogP contribution is -2.42. The number of benzene rings is 1. The van der Waals surface area contributed by atoms with Crippen molar-refractivity contribution in [1.82, 2.24) is 0 Å². The Kier molecular flexibility index (Phi) is 4.99. The van der Waals surface area contributed by atoms with E-state index in [1.54, 1.807) is 6.92 Å². The molecule has 0 aliphatic heterocycles. The Balaban J connectivity index is 3.36. The normalized spacial score (nSPS) is 12.9. The molecule has 0 amide bonds. The number of hydrogen-bond acceptors (Lipinski definition) is 1. The van der Waals surface area contributed by atoms with Crippen molar-refractivity contribution < 1.29 is 17.6 Å². The van der Waals surface area contributed by atoms with E-state index in [0.717, 1.165) is 6.07 Å². The van der Waals surface area contributed by atoms with Crippen molar-refractivity contribution in [3.8, 4) is 0 Å². The van der Waals surface area contributed by atoms with Crippen LogP contribution in [0.15, 0.2) is 29.8 Å². The Bertz CT molecular complexity index is 545. The van der Waals surface area contributed by atoms with Crippen LogP contribution < -0.4 is 10.6 Å². The van der Waals surface area contributed by atoms with Crippen LogP contribution in [-0.2, 0) is 6.18 Å². The molecule has 0 aliphatic carbocycles. The number of thiocarbonyl (C=S) groups is 1. The van der Waals surface area contributed by atoms with Crippen molar-refractivity contribution in [3.63, 3.8) is 0 Å². The second-order valence-corrected chi connectivity index (χ2v) is 4.90. The minimum atomic E-state index is -4.82. The summed E-state index contributed by atoms with van der Waals surface area (Å²) in [7, 11) is 0. The zero-order chi connectivity index (χ0) is 15.7. The van der Waals surface area contributed by atoms with E-state index in [4.69, 9.17) is 29.6 Å². The highest BCUT2D eigenvalue weighted by Gasteiger charge is 2.35. The predicted molar refractivity (Wildman–Crippen MR) is 75.1 cm³/mol. The summed E-state index contributed by atoms with van der Waals surface area (Å²) in [6.45, 7) is 5.05. The fraction of sp³-hybridized carbons (Fsp3) is 0.250. The van der Waals surface area contributed by atoms with Crippen LogP contribution in [0.3, 0.4) is 0 Å². The van der Waals surface area contributed by atoms with Gasteiger partial charge in [0.25, 0.3) is 0 Å². The molecule has 1 unspecified atom stereocenters. The molecule has 0 aliphatic rings. The lowest BCUT2D eigenvalue weighted by Gasteiger charge is -2.29. The van der Waals surface area contributed by atoms with E-state index in [9.17, 15) is 17.6 Å². The Morgan fingerprint density at radius 1 is 1.45 bits per heavy atom. The molecule has 0 aromatic heterocycles. The predicted octanol–water partition coefficient (Wildman–Crippen LogP) is 4.04. The first-order valence-corrected chi connectivity index (χ1v) is 6.14. The lowest BCUT2D eigenvalue weighted by atomic mass is 10.1. The minimum Gasteiger partial charge on any atom is -0.376 e. The van der Waals surface area contributed by atoms with E-state index in [1.165, 1.54) is 4.90 Å². The van der Waals surface area contributed by atoms with E-state index in [1.807, 2.05) is 0 Å². The van der Waals surface area contributed by atoms with Crippen LogP contribution >= 0.6 is 23.8 Å². The molecule has 1 aromatic rings. The van der Waals surface area contributed by atoms with Crippen LogP contribution in [0.5, 0.6) is 0 Å². The van der Waals surface area contributed by atoms with E-state index in [-0.39, 0.29) is 15.8 Å². The van der Waals surface area contributed by atoms with Crippen LogP contribution in [0.1, 0.15) is 12.5 Å². The third-order valence-electron chi connectivity index (χ3n) is 2.61. The molecule has 1 atom stereocenters. The van der Waals surface area contributed by atoms with Gasteiger partial charge in [0.15, 0.2) is 5.11 Å². The van der Waals surface area contributed by atoms with E-state index >= 15 is 0 Å². The minimum absolute atomic E-state index is 0.0134. The van der Waals surface area contributed by atoms with Crippen LogP contribution in [0, 0.1) is 5.82 Å². The zero-order valence-electron chi connectivity index (χ0n) is 10.3. The molecule has 2 N–H and O–H groups in total. The molecule has 0 heterocycles. The molecule has 2 nitrogen and oxygen atoms in total. The van der Waals surface area contributed by atoms with E-state index < -0.39 is 23.6 Å². The highest BCUT2D eigenvalue weighted by Crippen LogP contribution is 2.34. The number of nitrogens with zero attached hydrogens (tertiary/aromatic N) is 1. The fourth-order valence-electron chi connectivity index (χ4n) is 1.56. The summed E-state index contributed by atoms with van der Waals surface area (Å²) in [5, 5.41) is -0.0604. The molecule has 110 valence electrons. The first-order chi connectivity index (χ1) is 9.05. The first kappa shape index (κ1) is 16.7. The number of hydrogen-bond donors (Lipinski definition) is 1. The molecule has 1 aromatic carbocycles. The van der Waals surface area contributed by atoms with Crippen molar-refractivity contribution in [3.05, 3.63) is 41.2 Å². The second kappa shape index (κ2) is 5.97. The SMILES string of the molecule is C=C(Cl)C(C)N(C(N)=S)c1ccc(F)c(C(F)(F)F)c1. The smallest absolute Gasteiger partial charge is 0.376 e. The van der Waals surface area contributed by atoms with Gasteiger partial charge in [0.2, 0.25) is 0 Å². The van der Waals surface area contributed by atoms with Crippen molar-refractivity contribution in [2.45, 2.75) is 19.1 Å². The molecular formula is C12H11ClF4N2S. The van der Waals surface area contributed by atoms with Gasteiger partial charge < -0.3 is 10.6 Å². The average molecular weight is 327 g/mol. The van der Waals surface area contributed by atoms with Gasteiger partial charge in [-0.05, 0) is 37.3 Å². The van der Waals surface area contributed by atoms with Gasteiger partial charge in [-0.3, -0.25) is 0 Å². The highest BCUT2D eigenvalue weighted by atomic mass is 35.5. The second-order valence-electron chi connectivity index (χ2n) is 3.99.